The SMILES string of the molecule is CCCNC(C)c1csc(Nc2cc(C)ccc2OC)n1. The van der Waals surface area contributed by atoms with Gasteiger partial charge in [-0.05, 0) is 44.5 Å². The number of benzene rings is 1. The van der Waals surface area contributed by atoms with Crippen molar-refractivity contribution in [1.82, 2.24) is 10.3 Å². The summed E-state index contributed by atoms with van der Waals surface area (Å²) in [4.78, 5) is 4.65. The van der Waals surface area contributed by atoms with E-state index >= 15 is 0 Å². The minimum atomic E-state index is 0.274. The topological polar surface area (TPSA) is 46.2 Å². The maximum absolute atomic E-state index is 5.38. The molecule has 0 radical (unpaired) electrons. The minimum Gasteiger partial charge on any atom is -0.495 e. The number of ether oxygens (including phenoxy) is 1. The second-order valence-electron chi connectivity index (χ2n) is 5.08. The average Bonchev–Trinajstić information content (AvgIpc) is 2.93. The van der Waals surface area contributed by atoms with Crippen molar-refractivity contribution in [3.8, 4) is 5.75 Å². The lowest BCUT2D eigenvalue weighted by atomic mass is 10.2. The normalized spacial score (nSPS) is 12.2. The molecule has 0 amide bonds. The van der Waals surface area contributed by atoms with E-state index in [0.29, 0.717) is 0 Å². The van der Waals surface area contributed by atoms with Gasteiger partial charge in [-0.25, -0.2) is 4.98 Å². The molecule has 1 atom stereocenters. The summed E-state index contributed by atoms with van der Waals surface area (Å²) in [6, 6.07) is 6.35. The van der Waals surface area contributed by atoms with E-state index in [1.807, 2.05) is 12.1 Å². The molecule has 2 N–H and O–H groups in total. The van der Waals surface area contributed by atoms with E-state index in [4.69, 9.17) is 4.74 Å². The molecule has 1 aromatic carbocycles. The third-order valence-electron chi connectivity index (χ3n) is 3.26. The van der Waals surface area contributed by atoms with Crippen molar-refractivity contribution < 1.29 is 4.74 Å². The molecule has 1 aromatic heterocycles. The lowest BCUT2D eigenvalue weighted by Crippen LogP contribution is -2.19. The molecule has 0 saturated carbocycles. The second-order valence-corrected chi connectivity index (χ2v) is 5.94. The Kier molecular flexibility index (Phi) is 5.59. The molecule has 5 heteroatoms. The summed E-state index contributed by atoms with van der Waals surface area (Å²) in [7, 11) is 1.68. The number of aryl methyl sites for hydroxylation is 1. The number of rotatable bonds is 7. The van der Waals surface area contributed by atoms with Crippen LogP contribution in [0.25, 0.3) is 0 Å². The highest BCUT2D eigenvalue weighted by molar-refractivity contribution is 7.13. The van der Waals surface area contributed by atoms with Gasteiger partial charge < -0.3 is 15.4 Å². The monoisotopic (exact) mass is 305 g/mol. The molecule has 1 unspecified atom stereocenters. The van der Waals surface area contributed by atoms with Gasteiger partial charge in [0.1, 0.15) is 5.75 Å². The molecule has 2 aromatic rings. The minimum absolute atomic E-state index is 0.274. The van der Waals surface area contributed by atoms with Crippen LogP contribution in [0.3, 0.4) is 0 Å². The van der Waals surface area contributed by atoms with E-state index in [1.165, 1.54) is 5.56 Å². The molecular formula is C16H23N3OS. The van der Waals surface area contributed by atoms with Crippen molar-refractivity contribution in [3.05, 3.63) is 34.8 Å². The maximum Gasteiger partial charge on any atom is 0.187 e. The highest BCUT2D eigenvalue weighted by atomic mass is 32.1. The lowest BCUT2D eigenvalue weighted by molar-refractivity contribution is 0.416. The standard InChI is InChI=1S/C16H23N3OS/c1-5-8-17-12(3)14-10-21-16(19-14)18-13-9-11(2)6-7-15(13)20-4/h6-7,9-10,12,17H,5,8H2,1-4H3,(H,18,19). The maximum atomic E-state index is 5.38. The Balaban J connectivity index is 2.10. The van der Waals surface area contributed by atoms with Crippen molar-refractivity contribution in [2.45, 2.75) is 33.2 Å². The molecule has 4 nitrogen and oxygen atoms in total. The van der Waals surface area contributed by atoms with Crippen LogP contribution in [0.5, 0.6) is 5.75 Å². The summed E-state index contributed by atoms with van der Waals surface area (Å²) >= 11 is 1.61. The first-order valence-corrected chi connectivity index (χ1v) is 8.12. The Morgan fingerprint density at radius 1 is 1.38 bits per heavy atom. The van der Waals surface area contributed by atoms with Gasteiger partial charge >= 0.3 is 0 Å². The summed E-state index contributed by atoms with van der Waals surface area (Å²) in [5, 5.41) is 9.78. The Bertz CT molecular complexity index is 583. The quantitative estimate of drug-likeness (QED) is 0.802. The fraction of sp³-hybridized carbons (Fsp3) is 0.438. The zero-order chi connectivity index (χ0) is 15.2. The Morgan fingerprint density at radius 2 is 2.19 bits per heavy atom. The van der Waals surface area contributed by atoms with Crippen LogP contribution in [0.1, 0.15) is 37.6 Å². The summed E-state index contributed by atoms with van der Waals surface area (Å²) in [5.41, 5.74) is 3.21. The molecule has 0 saturated heterocycles. The van der Waals surface area contributed by atoms with Crippen molar-refractivity contribution in [3.63, 3.8) is 0 Å². The Morgan fingerprint density at radius 3 is 2.90 bits per heavy atom. The molecule has 0 spiro atoms. The van der Waals surface area contributed by atoms with Crippen LogP contribution in [-0.4, -0.2) is 18.6 Å². The number of nitrogens with zero attached hydrogens (tertiary/aromatic N) is 1. The van der Waals surface area contributed by atoms with E-state index in [0.717, 1.165) is 35.2 Å². The zero-order valence-corrected chi connectivity index (χ0v) is 13.9. The van der Waals surface area contributed by atoms with Crippen molar-refractivity contribution in [1.29, 1.82) is 0 Å². The lowest BCUT2D eigenvalue weighted by Gasteiger charge is -2.11. The van der Waals surface area contributed by atoms with Gasteiger partial charge in [-0.1, -0.05) is 13.0 Å². The summed E-state index contributed by atoms with van der Waals surface area (Å²) in [6.07, 6.45) is 1.13. The first-order valence-electron chi connectivity index (χ1n) is 7.24. The van der Waals surface area contributed by atoms with Crippen LogP contribution in [0, 0.1) is 6.92 Å². The predicted molar refractivity (Wildman–Crippen MR) is 89.8 cm³/mol. The van der Waals surface area contributed by atoms with Crippen LogP contribution in [0.2, 0.25) is 0 Å². The molecule has 114 valence electrons. The molecule has 0 bridgehead atoms. The van der Waals surface area contributed by atoms with E-state index in [9.17, 15) is 0 Å². The largest absolute Gasteiger partial charge is 0.495 e. The molecule has 2 rings (SSSR count). The number of aromatic nitrogens is 1. The Hall–Kier alpha value is -1.59. The van der Waals surface area contributed by atoms with Crippen LogP contribution < -0.4 is 15.4 Å². The van der Waals surface area contributed by atoms with Gasteiger partial charge in [0.2, 0.25) is 0 Å². The van der Waals surface area contributed by atoms with Crippen LogP contribution in [0.4, 0.5) is 10.8 Å². The molecule has 1 heterocycles. The Labute approximate surface area is 130 Å². The number of nitrogens with one attached hydrogen (secondary N) is 2. The van der Waals surface area contributed by atoms with E-state index in [-0.39, 0.29) is 6.04 Å². The highest BCUT2D eigenvalue weighted by Gasteiger charge is 2.11. The molecule has 0 fully saturated rings. The molecular weight excluding hydrogens is 282 g/mol. The second kappa shape index (κ2) is 7.43. The average molecular weight is 305 g/mol. The van der Waals surface area contributed by atoms with Crippen LogP contribution >= 0.6 is 11.3 Å². The number of methoxy groups -OCH3 is 1. The third-order valence-corrected chi connectivity index (χ3v) is 4.04. The first-order chi connectivity index (χ1) is 10.1. The van der Waals surface area contributed by atoms with Crippen LogP contribution in [-0.2, 0) is 0 Å². The van der Waals surface area contributed by atoms with E-state index in [1.54, 1.807) is 18.4 Å². The fourth-order valence-electron chi connectivity index (χ4n) is 2.04. The first kappa shape index (κ1) is 15.8. The predicted octanol–water partition coefficient (Wildman–Crippen LogP) is 4.26. The van der Waals surface area contributed by atoms with Gasteiger partial charge in [-0.3, -0.25) is 0 Å². The third kappa shape index (κ3) is 4.19. The fourth-order valence-corrected chi connectivity index (χ4v) is 2.86. The summed E-state index contributed by atoms with van der Waals surface area (Å²) in [6.45, 7) is 7.38. The van der Waals surface area contributed by atoms with Gasteiger partial charge in [-0.2, -0.15) is 0 Å². The van der Waals surface area contributed by atoms with Crippen molar-refractivity contribution in [2.75, 3.05) is 19.0 Å². The summed E-state index contributed by atoms with van der Waals surface area (Å²) in [5.74, 6) is 0.828. The van der Waals surface area contributed by atoms with Gasteiger partial charge in [0.15, 0.2) is 5.13 Å². The van der Waals surface area contributed by atoms with Gasteiger partial charge in [0.05, 0.1) is 18.5 Å². The van der Waals surface area contributed by atoms with Gasteiger partial charge in [0, 0.05) is 11.4 Å². The molecule has 0 aliphatic carbocycles. The molecule has 0 aliphatic rings. The zero-order valence-electron chi connectivity index (χ0n) is 13.1. The van der Waals surface area contributed by atoms with Crippen molar-refractivity contribution in [2.24, 2.45) is 0 Å². The number of hydrogen-bond acceptors (Lipinski definition) is 5. The van der Waals surface area contributed by atoms with Crippen LogP contribution in [0.15, 0.2) is 23.6 Å². The smallest absolute Gasteiger partial charge is 0.187 e. The highest BCUT2D eigenvalue weighted by Crippen LogP contribution is 2.30. The van der Waals surface area contributed by atoms with E-state index in [2.05, 4.69) is 47.8 Å². The van der Waals surface area contributed by atoms with Gasteiger partial charge in [0.25, 0.3) is 0 Å². The molecule has 21 heavy (non-hydrogen) atoms. The van der Waals surface area contributed by atoms with Crippen molar-refractivity contribution >= 4 is 22.2 Å². The number of anilines is 2. The summed E-state index contributed by atoms with van der Waals surface area (Å²) < 4.78 is 5.38. The van der Waals surface area contributed by atoms with E-state index < -0.39 is 0 Å². The number of thiazole rings is 1. The molecule has 0 aliphatic heterocycles. The number of hydrogen-bond donors (Lipinski definition) is 2. The van der Waals surface area contributed by atoms with Gasteiger partial charge in [-0.15, -0.1) is 11.3 Å².